The summed E-state index contributed by atoms with van der Waals surface area (Å²) in [6, 6.07) is 0. The Hall–Kier alpha value is -0.900. The number of nitrogens with one attached hydrogen (secondary N) is 1. The summed E-state index contributed by atoms with van der Waals surface area (Å²) in [6.45, 7) is 6.98. The molecule has 4 heteroatoms. The molecular weight excluding hydrogens is 182 g/mol. The molecule has 1 unspecified atom stereocenters. The highest BCUT2D eigenvalue weighted by atomic mass is 16.3. The molecular formula is C10H19NO3. The van der Waals surface area contributed by atoms with Crippen molar-refractivity contribution in [3.05, 3.63) is 0 Å². The standard InChI is InChI=1S/C10H19NO3/c1-7(12)5-8(13)6-9(14)11-10(2,3)4/h8,13H,5-6H2,1-4H3,(H,11,14). The van der Waals surface area contributed by atoms with Gasteiger partial charge in [-0.15, -0.1) is 0 Å². The van der Waals surface area contributed by atoms with Crippen LogP contribution in [0.5, 0.6) is 0 Å². The highest BCUT2D eigenvalue weighted by molar-refractivity contribution is 5.80. The number of hydrogen-bond acceptors (Lipinski definition) is 3. The van der Waals surface area contributed by atoms with E-state index >= 15 is 0 Å². The van der Waals surface area contributed by atoms with Crippen molar-refractivity contribution in [1.29, 1.82) is 0 Å². The number of amides is 1. The van der Waals surface area contributed by atoms with E-state index in [2.05, 4.69) is 5.32 Å². The van der Waals surface area contributed by atoms with Crippen LogP contribution in [-0.4, -0.2) is 28.4 Å². The van der Waals surface area contributed by atoms with Crippen LogP contribution >= 0.6 is 0 Å². The van der Waals surface area contributed by atoms with Crippen molar-refractivity contribution in [2.24, 2.45) is 0 Å². The normalized spacial score (nSPS) is 13.5. The van der Waals surface area contributed by atoms with E-state index in [1.807, 2.05) is 20.8 Å². The number of rotatable bonds is 4. The number of hydrogen-bond donors (Lipinski definition) is 2. The first-order valence-electron chi connectivity index (χ1n) is 4.69. The van der Waals surface area contributed by atoms with E-state index in [1.165, 1.54) is 6.92 Å². The van der Waals surface area contributed by atoms with E-state index in [0.717, 1.165) is 0 Å². The van der Waals surface area contributed by atoms with Gasteiger partial charge in [0.05, 0.1) is 12.5 Å². The third-order valence-electron chi connectivity index (χ3n) is 1.46. The van der Waals surface area contributed by atoms with E-state index in [1.54, 1.807) is 0 Å². The van der Waals surface area contributed by atoms with Crippen LogP contribution in [0, 0.1) is 0 Å². The molecule has 0 aromatic heterocycles. The smallest absolute Gasteiger partial charge is 0.223 e. The topological polar surface area (TPSA) is 66.4 Å². The molecule has 0 spiro atoms. The molecule has 0 aliphatic carbocycles. The van der Waals surface area contributed by atoms with E-state index in [-0.39, 0.29) is 30.1 Å². The molecule has 0 saturated heterocycles. The van der Waals surface area contributed by atoms with Crippen molar-refractivity contribution < 1.29 is 14.7 Å². The van der Waals surface area contributed by atoms with Crippen molar-refractivity contribution in [1.82, 2.24) is 5.32 Å². The third kappa shape index (κ3) is 7.73. The molecule has 14 heavy (non-hydrogen) atoms. The van der Waals surface area contributed by atoms with Crippen LogP contribution in [0.1, 0.15) is 40.5 Å². The van der Waals surface area contributed by atoms with E-state index in [4.69, 9.17) is 0 Å². The lowest BCUT2D eigenvalue weighted by molar-refractivity contribution is -0.125. The van der Waals surface area contributed by atoms with Crippen LogP contribution in [0.3, 0.4) is 0 Å². The van der Waals surface area contributed by atoms with Crippen molar-refractivity contribution >= 4 is 11.7 Å². The Morgan fingerprint density at radius 2 is 1.79 bits per heavy atom. The van der Waals surface area contributed by atoms with Gasteiger partial charge in [0.15, 0.2) is 0 Å². The molecule has 0 heterocycles. The van der Waals surface area contributed by atoms with Gasteiger partial charge in [0.2, 0.25) is 5.91 Å². The predicted molar refractivity (Wildman–Crippen MR) is 53.8 cm³/mol. The highest BCUT2D eigenvalue weighted by Crippen LogP contribution is 2.03. The highest BCUT2D eigenvalue weighted by Gasteiger charge is 2.17. The molecule has 0 radical (unpaired) electrons. The van der Waals surface area contributed by atoms with Gasteiger partial charge in [-0.2, -0.15) is 0 Å². The molecule has 0 aromatic carbocycles. The fraction of sp³-hybridized carbons (Fsp3) is 0.800. The van der Waals surface area contributed by atoms with Gasteiger partial charge in [0.1, 0.15) is 5.78 Å². The van der Waals surface area contributed by atoms with Gasteiger partial charge in [-0.1, -0.05) is 0 Å². The summed E-state index contributed by atoms with van der Waals surface area (Å²) in [4.78, 5) is 21.9. The lowest BCUT2D eigenvalue weighted by Crippen LogP contribution is -2.41. The molecule has 0 saturated carbocycles. The molecule has 0 aliphatic heterocycles. The molecule has 2 N–H and O–H groups in total. The second-order valence-electron chi connectivity index (χ2n) is 4.56. The molecule has 4 nitrogen and oxygen atoms in total. The van der Waals surface area contributed by atoms with E-state index in [0.29, 0.717) is 0 Å². The van der Waals surface area contributed by atoms with Crippen LogP contribution in [0.2, 0.25) is 0 Å². The van der Waals surface area contributed by atoms with Gasteiger partial charge >= 0.3 is 0 Å². The molecule has 82 valence electrons. The average molecular weight is 201 g/mol. The molecule has 0 fully saturated rings. The van der Waals surface area contributed by atoms with Crippen molar-refractivity contribution in [2.75, 3.05) is 0 Å². The number of carbonyl (C=O) groups excluding carboxylic acids is 2. The summed E-state index contributed by atoms with van der Waals surface area (Å²) < 4.78 is 0. The lowest BCUT2D eigenvalue weighted by atomic mass is 10.1. The lowest BCUT2D eigenvalue weighted by Gasteiger charge is -2.21. The summed E-state index contributed by atoms with van der Waals surface area (Å²) in [6.07, 6.45) is -0.844. The van der Waals surface area contributed by atoms with Gasteiger partial charge in [-0.05, 0) is 27.7 Å². The number of ketones is 1. The fourth-order valence-corrected chi connectivity index (χ4v) is 1.09. The van der Waals surface area contributed by atoms with Gasteiger partial charge < -0.3 is 10.4 Å². The first-order valence-corrected chi connectivity index (χ1v) is 4.69. The van der Waals surface area contributed by atoms with Gasteiger partial charge in [0.25, 0.3) is 0 Å². The number of aliphatic hydroxyl groups is 1. The maximum absolute atomic E-state index is 11.3. The summed E-state index contributed by atoms with van der Waals surface area (Å²) in [5.41, 5.74) is -0.299. The Labute approximate surface area is 84.7 Å². The Morgan fingerprint density at radius 1 is 1.29 bits per heavy atom. The average Bonchev–Trinajstić information content (AvgIpc) is 1.77. The van der Waals surface area contributed by atoms with Gasteiger partial charge in [0, 0.05) is 12.0 Å². The molecule has 1 atom stereocenters. The third-order valence-corrected chi connectivity index (χ3v) is 1.46. The zero-order valence-corrected chi connectivity index (χ0v) is 9.26. The maximum Gasteiger partial charge on any atom is 0.223 e. The van der Waals surface area contributed by atoms with Crippen LogP contribution in [-0.2, 0) is 9.59 Å². The van der Waals surface area contributed by atoms with Crippen LogP contribution < -0.4 is 5.32 Å². The maximum atomic E-state index is 11.3. The Morgan fingerprint density at radius 3 is 2.14 bits per heavy atom. The summed E-state index contributed by atoms with van der Waals surface area (Å²) in [5, 5.41) is 12.0. The Bertz CT molecular complexity index is 218. The number of carbonyl (C=O) groups is 2. The quantitative estimate of drug-likeness (QED) is 0.701. The zero-order valence-electron chi connectivity index (χ0n) is 9.26. The minimum atomic E-state index is -0.866. The van der Waals surface area contributed by atoms with Crippen LogP contribution in [0.4, 0.5) is 0 Å². The predicted octanol–water partition coefficient (Wildman–Crippen LogP) is 0.631. The second kappa shape index (κ2) is 5.10. The summed E-state index contributed by atoms with van der Waals surface area (Å²) in [5.74, 6) is -0.340. The summed E-state index contributed by atoms with van der Waals surface area (Å²) >= 11 is 0. The molecule has 0 aliphatic rings. The molecule has 0 aromatic rings. The van der Waals surface area contributed by atoms with Crippen molar-refractivity contribution in [2.45, 2.75) is 52.2 Å². The van der Waals surface area contributed by atoms with Crippen molar-refractivity contribution in [3.63, 3.8) is 0 Å². The second-order valence-corrected chi connectivity index (χ2v) is 4.56. The monoisotopic (exact) mass is 201 g/mol. The SMILES string of the molecule is CC(=O)CC(O)CC(=O)NC(C)(C)C. The minimum Gasteiger partial charge on any atom is -0.392 e. The van der Waals surface area contributed by atoms with Gasteiger partial charge in [-0.3, -0.25) is 9.59 Å². The summed E-state index contributed by atoms with van der Waals surface area (Å²) in [7, 11) is 0. The number of Topliss-reactive ketones (excluding diaryl/α,β-unsaturated/α-hetero) is 1. The first kappa shape index (κ1) is 13.1. The Kier molecular flexibility index (Phi) is 4.77. The largest absolute Gasteiger partial charge is 0.392 e. The fourth-order valence-electron chi connectivity index (χ4n) is 1.09. The van der Waals surface area contributed by atoms with E-state index in [9.17, 15) is 14.7 Å². The van der Waals surface area contributed by atoms with Crippen LogP contribution in [0.25, 0.3) is 0 Å². The van der Waals surface area contributed by atoms with Crippen LogP contribution in [0.15, 0.2) is 0 Å². The molecule has 0 bridgehead atoms. The van der Waals surface area contributed by atoms with E-state index < -0.39 is 6.10 Å². The van der Waals surface area contributed by atoms with Crippen molar-refractivity contribution in [3.8, 4) is 0 Å². The number of aliphatic hydroxyl groups excluding tert-OH is 1. The zero-order chi connectivity index (χ0) is 11.4. The van der Waals surface area contributed by atoms with Gasteiger partial charge in [-0.25, -0.2) is 0 Å². The molecule has 1 amide bonds. The Balaban J connectivity index is 3.89. The minimum absolute atomic E-state index is 0.0170. The molecule has 0 rings (SSSR count). The first-order chi connectivity index (χ1) is 6.20.